The van der Waals surface area contributed by atoms with Crippen LogP contribution in [0.4, 0.5) is 0 Å². The van der Waals surface area contributed by atoms with E-state index >= 15 is 0 Å². The number of nitrogens with one attached hydrogen (secondary N) is 1. The molecule has 1 heterocycles. The fraction of sp³-hybridized carbons (Fsp3) is 0.643. The topological polar surface area (TPSA) is 54.4 Å². The summed E-state index contributed by atoms with van der Waals surface area (Å²) in [6.07, 6.45) is 3.12. The molecule has 1 aromatic rings. The predicted octanol–water partition coefficient (Wildman–Crippen LogP) is 1.77. The molecular weight excluding hydrogens is 228 g/mol. The lowest BCUT2D eigenvalue weighted by atomic mass is 10.1. The molecule has 0 aliphatic heterocycles. The number of hydrogen-bond acceptors (Lipinski definition) is 4. The average Bonchev–Trinajstić information content (AvgIpc) is 2.36. The number of aliphatic hydroxyl groups is 1. The zero-order chi connectivity index (χ0) is 13.4. The van der Waals surface area contributed by atoms with Crippen LogP contribution in [0.25, 0.3) is 0 Å². The lowest BCUT2D eigenvalue weighted by Gasteiger charge is -2.17. The number of ether oxygens (including phenoxy) is 1. The van der Waals surface area contributed by atoms with E-state index in [2.05, 4.69) is 31.1 Å². The summed E-state index contributed by atoms with van der Waals surface area (Å²) >= 11 is 0. The maximum atomic E-state index is 9.75. The van der Waals surface area contributed by atoms with Crippen LogP contribution in [0.2, 0.25) is 0 Å². The van der Waals surface area contributed by atoms with Crippen LogP contribution in [0.5, 0.6) is 0 Å². The predicted molar refractivity (Wildman–Crippen MR) is 72.3 cm³/mol. The third-order valence-electron chi connectivity index (χ3n) is 2.61. The fourth-order valence-electron chi connectivity index (χ4n) is 1.56. The van der Waals surface area contributed by atoms with E-state index < -0.39 is 6.10 Å². The standard InChI is InChI=1S/C14H24N2O2/c1-11(2)9-18-10-14(17)8-16-12(3)13-5-4-6-15-7-13/h4-7,11-12,14,16-17H,8-10H2,1-3H3. The van der Waals surface area contributed by atoms with Gasteiger partial charge in [0.25, 0.3) is 0 Å². The second-order valence-corrected chi connectivity index (χ2v) is 5.00. The van der Waals surface area contributed by atoms with Crippen LogP contribution in [-0.4, -0.2) is 36.0 Å². The molecule has 0 bridgehead atoms. The van der Waals surface area contributed by atoms with Crippen LogP contribution in [0.3, 0.4) is 0 Å². The zero-order valence-electron chi connectivity index (χ0n) is 11.5. The first kappa shape index (κ1) is 15.1. The molecule has 102 valence electrons. The van der Waals surface area contributed by atoms with Crippen LogP contribution >= 0.6 is 0 Å². The Morgan fingerprint density at radius 2 is 2.11 bits per heavy atom. The molecule has 2 N–H and O–H groups in total. The highest BCUT2D eigenvalue weighted by Gasteiger charge is 2.09. The summed E-state index contributed by atoms with van der Waals surface area (Å²) < 4.78 is 5.39. The van der Waals surface area contributed by atoms with E-state index in [0.717, 1.165) is 5.56 Å². The van der Waals surface area contributed by atoms with E-state index in [0.29, 0.717) is 25.7 Å². The Morgan fingerprint density at radius 3 is 2.72 bits per heavy atom. The van der Waals surface area contributed by atoms with Crippen molar-refractivity contribution in [2.75, 3.05) is 19.8 Å². The van der Waals surface area contributed by atoms with E-state index in [1.165, 1.54) is 0 Å². The molecule has 0 fully saturated rings. The van der Waals surface area contributed by atoms with Crippen molar-refractivity contribution in [2.45, 2.75) is 32.9 Å². The van der Waals surface area contributed by atoms with Gasteiger partial charge in [0.2, 0.25) is 0 Å². The first-order valence-corrected chi connectivity index (χ1v) is 6.48. The Hall–Kier alpha value is -0.970. The van der Waals surface area contributed by atoms with Gasteiger partial charge < -0.3 is 15.2 Å². The zero-order valence-corrected chi connectivity index (χ0v) is 11.5. The largest absolute Gasteiger partial charge is 0.389 e. The minimum Gasteiger partial charge on any atom is -0.389 e. The van der Waals surface area contributed by atoms with Gasteiger partial charge in [0.15, 0.2) is 0 Å². The Morgan fingerprint density at radius 1 is 1.33 bits per heavy atom. The molecule has 0 saturated carbocycles. The molecule has 0 spiro atoms. The molecule has 4 heteroatoms. The molecule has 0 amide bonds. The Balaban J connectivity index is 2.20. The second-order valence-electron chi connectivity index (χ2n) is 5.00. The Labute approximate surface area is 109 Å². The summed E-state index contributed by atoms with van der Waals surface area (Å²) in [4.78, 5) is 4.07. The maximum Gasteiger partial charge on any atom is 0.0897 e. The minimum atomic E-state index is -0.470. The maximum absolute atomic E-state index is 9.75. The van der Waals surface area contributed by atoms with E-state index in [9.17, 15) is 5.11 Å². The lowest BCUT2D eigenvalue weighted by Crippen LogP contribution is -2.32. The third kappa shape index (κ3) is 6.10. The van der Waals surface area contributed by atoms with Crippen LogP contribution in [-0.2, 0) is 4.74 Å². The lowest BCUT2D eigenvalue weighted by molar-refractivity contribution is 0.0252. The number of nitrogens with zero attached hydrogens (tertiary/aromatic N) is 1. The highest BCUT2D eigenvalue weighted by Crippen LogP contribution is 2.09. The fourth-order valence-corrected chi connectivity index (χ4v) is 1.56. The molecular formula is C14H24N2O2. The molecule has 0 saturated heterocycles. The van der Waals surface area contributed by atoms with Gasteiger partial charge in [-0.15, -0.1) is 0 Å². The van der Waals surface area contributed by atoms with Gasteiger partial charge in [0.1, 0.15) is 0 Å². The van der Waals surface area contributed by atoms with Crippen LogP contribution < -0.4 is 5.32 Å². The molecule has 2 atom stereocenters. The van der Waals surface area contributed by atoms with Crippen LogP contribution in [0, 0.1) is 5.92 Å². The van der Waals surface area contributed by atoms with Gasteiger partial charge in [-0.2, -0.15) is 0 Å². The quantitative estimate of drug-likeness (QED) is 0.740. The first-order valence-electron chi connectivity index (χ1n) is 6.48. The smallest absolute Gasteiger partial charge is 0.0897 e. The SMILES string of the molecule is CC(C)COCC(O)CNC(C)c1cccnc1. The van der Waals surface area contributed by atoms with Gasteiger partial charge in [-0.25, -0.2) is 0 Å². The molecule has 1 rings (SSSR count). The number of rotatable bonds is 8. The summed E-state index contributed by atoms with van der Waals surface area (Å²) in [6.45, 7) is 7.83. The number of hydrogen-bond donors (Lipinski definition) is 2. The van der Waals surface area contributed by atoms with E-state index in [1.54, 1.807) is 6.20 Å². The van der Waals surface area contributed by atoms with Crippen LogP contribution in [0.15, 0.2) is 24.5 Å². The molecule has 0 aliphatic rings. The van der Waals surface area contributed by atoms with Crippen molar-refractivity contribution in [1.82, 2.24) is 10.3 Å². The van der Waals surface area contributed by atoms with Gasteiger partial charge in [-0.05, 0) is 24.5 Å². The average molecular weight is 252 g/mol. The summed E-state index contributed by atoms with van der Waals surface area (Å²) in [5.41, 5.74) is 1.12. The van der Waals surface area contributed by atoms with Crippen molar-refractivity contribution in [2.24, 2.45) is 5.92 Å². The van der Waals surface area contributed by atoms with Crippen molar-refractivity contribution in [3.05, 3.63) is 30.1 Å². The summed E-state index contributed by atoms with van der Waals surface area (Å²) in [5, 5.41) is 13.0. The molecule has 0 aliphatic carbocycles. The highest BCUT2D eigenvalue weighted by atomic mass is 16.5. The van der Waals surface area contributed by atoms with Gasteiger partial charge in [0.05, 0.1) is 12.7 Å². The summed E-state index contributed by atoms with van der Waals surface area (Å²) in [7, 11) is 0. The molecule has 0 aromatic carbocycles. The van der Waals surface area contributed by atoms with Crippen molar-refractivity contribution in [3.8, 4) is 0 Å². The second kappa shape index (κ2) is 8.19. The highest BCUT2D eigenvalue weighted by molar-refractivity contribution is 5.12. The number of aliphatic hydroxyl groups excluding tert-OH is 1. The minimum absolute atomic E-state index is 0.179. The van der Waals surface area contributed by atoms with E-state index in [-0.39, 0.29) is 6.04 Å². The monoisotopic (exact) mass is 252 g/mol. The van der Waals surface area contributed by atoms with Crippen LogP contribution in [0.1, 0.15) is 32.4 Å². The number of pyridine rings is 1. The van der Waals surface area contributed by atoms with Crippen molar-refractivity contribution in [3.63, 3.8) is 0 Å². The summed E-state index contributed by atoms with van der Waals surface area (Å²) in [6, 6.07) is 4.11. The molecule has 2 unspecified atom stereocenters. The Bertz CT molecular complexity index is 317. The van der Waals surface area contributed by atoms with Gasteiger partial charge in [-0.3, -0.25) is 4.98 Å². The summed E-state index contributed by atoms with van der Waals surface area (Å²) in [5.74, 6) is 0.500. The number of aromatic nitrogens is 1. The molecule has 1 aromatic heterocycles. The van der Waals surface area contributed by atoms with Crippen molar-refractivity contribution < 1.29 is 9.84 Å². The van der Waals surface area contributed by atoms with Gasteiger partial charge in [-0.1, -0.05) is 19.9 Å². The van der Waals surface area contributed by atoms with Gasteiger partial charge >= 0.3 is 0 Å². The Kier molecular flexibility index (Phi) is 6.86. The van der Waals surface area contributed by atoms with Crippen molar-refractivity contribution >= 4 is 0 Å². The van der Waals surface area contributed by atoms with Gasteiger partial charge in [0, 0.05) is 31.6 Å². The van der Waals surface area contributed by atoms with E-state index in [1.807, 2.05) is 18.3 Å². The third-order valence-corrected chi connectivity index (χ3v) is 2.61. The van der Waals surface area contributed by atoms with Crippen molar-refractivity contribution in [1.29, 1.82) is 0 Å². The first-order chi connectivity index (χ1) is 8.59. The normalized spacial score (nSPS) is 14.7. The molecule has 4 nitrogen and oxygen atoms in total. The van der Waals surface area contributed by atoms with E-state index in [4.69, 9.17) is 4.74 Å². The molecule has 0 radical (unpaired) electrons. The molecule has 18 heavy (non-hydrogen) atoms.